The molecule has 0 spiro atoms. The SMILES string of the molecule is C[C@@H](C(=O)N1CCC(c2ccc(S(=O)(=O)Nc3ccncn3)cc2)CC1)n1ccc2c(F)cccc21. The van der Waals surface area contributed by atoms with Gasteiger partial charge in [-0.25, -0.2) is 22.8 Å². The average molecular weight is 508 g/mol. The molecular formula is C26H26FN5O3S. The summed E-state index contributed by atoms with van der Waals surface area (Å²) < 4.78 is 43.6. The van der Waals surface area contributed by atoms with E-state index in [2.05, 4.69) is 14.7 Å². The number of halogens is 1. The maximum atomic E-state index is 14.1. The van der Waals surface area contributed by atoms with Crippen LogP contribution < -0.4 is 4.72 Å². The third-order valence-electron chi connectivity index (χ3n) is 6.77. The molecule has 5 rings (SSSR count). The van der Waals surface area contributed by atoms with Crippen molar-refractivity contribution in [1.29, 1.82) is 0 Å². The lowest BCUT2D eigenvalue weighted by molar-refractivity contribution is -0.135. The van der Waals surface area contributed by atoms with Gasteiger partial charge in [0.15, 0.2) is 0 Å². The van der Waals surface area contributed by atoms with Crippen molar-refractivity contribution in [2.24, 2.45) is 0 Å². The number of rotatable bonds is 6. The predicted octanol–water partition coefficient (Wildman–Crippen LogP) is 4.34. The lowest BCUT2D eigenvalue weighted by Gasteiger charge is -2.34. The van der Waals surface area contributed by atoms with E-state index in [1.165, 1.54) is 24.7 Å². The van der Waals surface area contributed by atoms with Crippen molar-refractivity contribution in [3.05, 3.63) is 84.7 Å². The maximum absolute atomic E-state index is 14.1. The number of fused-ring (bicyclic) bond motifs is 1. The topological polar surface area (TPSA) is 97.2 Å². The summed E-state index contributed by atoms with van der Waals surface area (Å²) in [6.45, 7) is 3.06. The summed E-state index contributed by atoms with van der Waals surface area (Å²) in [5.41, 5.74) is 1.75. The Bertz CT molecular complexity index is 1480. The quantitative estimate of drug-likeness (QED) is 0.419. The fourth-order valence-corrected chi connectivity index (χ4v) is 5.78. The molecule has 10 heteroatoms. The minimum atomic E-state index is -3.75. The average Bonchev–Trinajstić information content (AvgIpc) is 3.34. The van der Waals surface area contributed by atoms with Gasteiger partial charge in [0.2, 0.25) is 5.91 Å². The highest BCUT2D eigenvalue weighted by molar-refractivity contribution is 7.92. The summed E-state index contributed by atoms with van der Waals surface area (Å²) in [6.07, 6.45) is 6.07. The number of benzene rings is 2. The summed E-state index contributed by atoms with van der Waals surface area (Å²) in [5, 5.41) is 0.508. The number of nitrogens with one attached hydrogen (secondary N) is 1. The van der Waals surface area contributed by atoms with E-state index >= 15 is 0 Å². The number of amides is 1. The molecule has 1 N–H and O–H groups in total. The molecule has 1 amide bonds. The van der Waals surface area contributed by atoms with E-state index in [0.29, 0.717) is 24.0 Å². The third kappa shape index (κ3) is 4.68. The number of nitrogens with zero attached hydrogens (tertiary/aromatic N) is 4. The van der Waals surface area contributed by atoms with E-state index in [1.807, 2.05) is 34.6 Å². The molecule has 0 aliphatic carbocycles. The molecule has 3 heterocycles. The van der Waals surface area contributed by atoms with E-state index in [9.17, 15) is 17.6 Å². The molecule has 0 unspecified atom stereocenters. The summed E-state index contributed by atoms with van der Waals surface area (Å²) in [6, 6.07) is 14.5. The molecule has 2 aromatic heterocycles. The first-order valence-electron chi connectivity index (χ1n) is 11.8. The van der Waals surface area contributed by atoms with Gasteiger partial charge >= 0.3 is 0 Å². The first-order valence-corrected chi connectivity index (χ1v) is 13.2. The lowest BCUT2D eigenvalue weighted by atomic mass is 9.89. The lowest BCUT2D eigenvalue weighted by Crippen LogP contribution is -2.41. The molecule has 1 aliphatic rings. The van der Waals surface area contributed by atoms with Gasteiger partial charge in [0, 0.05) is 30.9 Å². The summed E-state index contributed by atoms with van der Waals surface area (Å²) in [7, 11) is -3.75. The second-order valence-corrected chi connectivity index (χ2v) is 10.6. The van der Waals surface area contributed by atoms with Crippen LogP contribution in [0.3, 0.4) is 0 Å². The van der Waals surface area contributed by atoms with E-state index in [1.54, 1.807) is 30.5 Å². The van der Waals surface area contributed by atoms with E-state index < -0.39 is 16.1 Å². The van der Waals surface area contributed by atoms with Gasteiger partial charge in [0.05, 0.1) is 10.4 Å². The second kappa shape index (κ2) is 9.69. The molecule has 36 heavy (non-hydrogen) atoms. The van der Waals surface area contributed by atoms with Crippen LogP contribution in [-0.4, -0.2) is 46.8 Å². The zero-order chi connectivity index (χ0) is 25.3. The monoisotopic (exact) mass is 507 g/mol. The van der Waals surface area contributed by atoms with Crippen molar-refractivity contribution in [1.82, 2.24) is 19.4 Å². The number of likely N-dealkylation sites (tertiary alicyclic amines) is 1. The van der Waals surface area contributed by atoms with Crippen LogP contribution in [0.2, 0.25) is 0 Å². The fraction of sp³-hybridized carbons (Fsp3) is 0.269. The summed E-state index contributed by atoms with van der Waals surface area (Å²) >= 11 is 0. The number of sulfonamides is 1. The van der Waals surface area contributed by atoms with Crippen molar-refractivity contribution >= 4 is 32.7 Å². The Hall–Kier alpha value is -3.79. The van der Waals surface area contributed by atoms with Crippen molar-refractivity contribution < 1.29 is 17.6 Å². The second-order valence-electron chi connectivity index (χ2n) is 8.94. The highest BCUT2D eigenvalue weighted by atomic mass is 32.2. The predicted molar refractivity (Wildman–Crippen MR) is 134 cm³/mol. The minimum absolute atomic E-state index is 0.00690. The van der Waals surface area contributed by atoms with Gasteiger partial charge < -0.3 is 9.47 Å². The van der Waals surface area contributed by atoms with Gasteiger partial charge in [-0.2, -0.15) is 0 Å². The molecule has 2 aromatic carbocycles. The van der Waals surface area contributed by atoms with Gasteiger partial charge in [-0.3, -0.25) is 9.52 Å². The van der Waals surface area contributed by atoms with Gasteiger partial charge in [0.1, 0.15) is 24.0 Å². The Labute approximate surface area is 208 Å². The van der Waals surface area contributed by atoms with Crippen LogP contribution in [0.25, 0.3) is 10.9 Å². The number of aromatic nitrogens is 3. The number of hydrogen-bond acceptors (Lipinski definition) is 5. The fourth-order valence-electron chi connectivity index (χ4n) is 4.77. The highest BCUT2D eigenvalue weighted by Crippen LogP contribution is 2.31. The summed E-state index contributed by atoms with van der Waals surface area (Å²) in [5.74, 6) is 0.151. The number of carbonyl (C=O) groups excluding carboxylic acids is 1. The zero-order valence-electron chi connectivity index (χ0n) is 19.7. The number of carbonyl (C=O) groups is 1. The smallest absolute Gasteiger partial charge is 0.263 e. The van der Waals surface area contributed by atoms with Gasteiger partial charge in [0.25, 0.3) is 10.0 Å². The molecular weight excluding hydrogens is 481 g/mol. The van der Waals surface area contributed by atoms with Crippen LogP contribution >= 0.6 is 0 Å². The largest absolute Gasteiger partial charge is 0.341 e. The Morgan fingerprint density at radius 2 is 1.83 bits per heavy atom. The number of anilines is 1. The molecule has 0 saturated carbocycles. The van der Waals surface area contributed by atoms with Crippen molar-refractivity contribution in [3.63, 3.8) is 0 Å². The van der Waals surface area contributed by atoms with Crippen LogP contribution in [-0.2, 0) is 14.8 Å². The van der Waals surface area contributed by atoms with Crippen LogP contribution in [0.5, 0.6) is 0 Å². The van der Waals surface area contributed by atoms with Crippen LogP contribution in [0.1, 0.15) is 37.3 Å². The molecule has 0 bridgehead atoms. The highest BCUT2D eigenvalue weighted by Gasteiger charge is 2.28. The van der Waals surface area contributed by atoms with Crippen LogP contribution in [0, 0.1) is 5.82 Å². The maximum Gasteiger partial charge on any atom is 0.263 e. The Morgan fingerprint density at radius 1 is 1.08 bits per heavy atom. The van der Waals surface area contributed by atoms with E-state index in [4.69, 9.17) is 0 Å². The van der Waals surface area contributed by atoms with E-state index in [-0.39, 0.29) is 28.4 Å². The number of hydrogen-bond donors (Lipinski definition) is 1. The first-order chi connectivity index (χ1) is 17.3. The first kappa shape index (κ1) is 23.9. The van der Waals surface area contributed by atoms with Crippen LogP contribution in [0.4, 0.5) is 10.2 Å². The Kier molecular flexibility index (Phi) is 6.44. The van der Waals surface area contributed by atoms with Crippen molar-refractivity contribution in [3.8, 4) is 0 Å². The van der Waals surface area contributed by atoms with E-state index in [0.717, 1.165) is 18.4 Å². The van der Waals surface area contributed by atoms with Gasteiger partial charge in [-0.1, -0.05) is 18.2 Å². The van der Waals surface area contributed by atoms with Crippen molar-refractivity contribution in [2.75, 3.05) is 17.8 Å². The van der Waals surface area contributed by atoms with Gasteiger partial charge in [-0.05, 0) is 67.6 Å². The number of piperidine rings is 1. The molecule has 186 valence electrons. The Balaban J connectivity index is 1.22. The van der Waals surface area contributed by atoms with Gasteiger partial charge in [-0.15, -0.1) is 0 Å². The minimum Gasteiger partial charge on any atom is -0.341 e. The van der Waals surface area contributed by atoms with Crippen molar-refractivity contribution in [2.45, 2.75) is 36.6 Å². The standard InChI is InChI=1S/C26H26FN5O3S/c1-18(32-16-12-22-23(27)3-2-4-24(22)32)26(33)31-14-10-20(11-15-31)19-5-7-21(8-6-19)36(34,35)30-25-9-13-28-17-29-25/h2-9,12-13,16-18,20H,10-11,14-15H2,1H3,(H,28,29,30)/t18-/m0/s1. The molecule has 4 aromatic rings. The molecule has 1 atom stereocenters. The zero-order valence-corrected chi connectivity index (χ0v) is 20.5. The summed E-state index contributed by atoms with van der Waals surface area (Å²) in [4.78, 5) is 22.9. The molecule has 1 aliphatic heterocycles. The Morgan fingerprint density at radius 3 is 2.53 bits per heavy atom. The van der Waals surface area contributed by atoms with Crippen LogP contribution in [0.15, 0.2) is 78.2 Å². The molecule has 8 nitrogen and oxygen atoms in total. The third-order valence-corrected chi connectivity index (χ3v) is 8.14. The molecule has 0 radical (unpaired) electrons. The normalized spacial score (nSPS) is 15.7. The molecule has 1 saturated heterocycles. The molecule has 1 fully saturated rings.